The van der Waals surface area contributed by atoms with Gasteiger partial charge in [0.1, 0.15) is 0 Å². The molecule has 15 heavy (non-hydrogen) atoms. The minimum absolute atomic E-state index is 0.156. The summed E-state index contributed by atoms with van der Waals surface area (Å²) in [5.74, 6) is 0.156. The monoisotopic (exact) mass is 227 g/mol. The Morgan fingerprint density at radius 2 is 2.33 bits per heavy atom. The van der Waals surface area contributed by atoms with Gasteiger partial charge >= 0.3 is 0 Å². The number of rotatable bonds is 5. The molecule has 1 rings (SSSR count). The molecule has 1 aromatic heterocycles. The number of aromatic nitrogens is 1. The first kappa shape index (κ1) is 12.1. The molecule has 0 aliphatic rings. The number of hydrogen-bond acceptors (Lipinski definition) is 4. The van der Waals surface area contributed by atoms with Crippen molar-refractivity contribution < 1.29 is 4.79 Å². The number of aryl methyl sites for hydroxylation is 1. The van der Waals surface area contributed by atoms with Gasteiger partial charge in [-0.15, -0.1) is 11.3 Å². The molecule has 1 heterocycles. The summed E-state index contributed by atoms with van der Waals surface area (Å²) in [5.41, 5.74) is 2.92. The van der Waals surface area contributed by atoms with E-state index in [1.54, 1.807) is 30.3 Å². The van der Waals surface area contributed by atoms with Gasteiger partial charge in [0.15, 0.2) is 0 Å². The molecule has 0 saturated carbocycles. The number of amides is 1. The molecule has 0 atom stereocenters. The Hall–Kier alpha value is -0.940. The number of nitrogens with zero attached hydrogens (tertiary/aromatic N) is 2. The normalized spacial score (nSPS) is 10.3. The second kappa shape index (κ2) is 5.82. The molecular weight excluding hydrogens is 210 g/mol. The summed E-state index contributed by atoms with van der Waals surface area (Å²) in [5, 5.41) is 3.24. The number of carbonyl (C=O) groups is 1. The summed E-state index contributed by atoms with van der Waals surface area (Å²) in [4.78, 5) is 18.3. The van der Waals surface area contributed by atoms with Crippen LogP contribution in [0.4, 0.5) is 0 Å². The molecule has 0 fully saturated rings. The quantitative estimate of drug-likeness (QED) is 0.764. The first-order valence-electron chi connectivity index (χ1n) is 4.91. The Balaban J connectivity index is 2.18. The third-order valence-electron chi connectivity index (χ3n) is 2.14. The van der Waals surface area contributed by atoms with E-state index in [2.05, 4.69) is 10.3 Å². The fourth-order valence-corrected chi connectivity index (χ4v) is 1.86. The Kier molecular flexibility index (Phi) is 4.71. The molecule has 0 radical (unpaired) electrons. The minimum Gasteiger partial charge on any atom is -0.349 e. The van der Waals surface area contributed by atoms with Gasteiger partial charge in [0.05, 0.1) is 11.2 Å². The average Bonchev–Trinajstić information content (AvgIpc) is 2.58. The zero-order chi connectivity index (χ0) is 11.3. The maximum atomic E-state index is 11.2. The van der Waals surface area contributed by atoms with Crippen LogP contribution in [0.2, 0.25) is 0 Å². The smallest absolute Gasteiger partial charge is 0.223 e. The van der Waals surface area contributed by atoms with Crippen LogP contribution in [0.25, 0.3) is 0 Å². The number of nitrogens with one attached hydrogen (secondary N) is 1. The van der Waals surface area contributed by atoms with Crippen LogP contribution < -0.4 is 5.32 Å². The highest BCUT2D eigenvalue weighted by atomic mass is 32.1. The summed E-state index contributed by atoms with van der Waals surface area (Å²) < 4.78 is 0. The van der Waals surface area contributed by atoms with E-state index in [-0.39, 0.29) is 5.91 Å². The fourth-order valence-electron chi connectivity index (χ4n) is 1.12. The molecule has 0 bridgehead atoms. The van der Waals surface area contributed by atoms with Crippen molar-refractivity contribution in [3.05, 3.63) is 16.1 Å². The van der Waals surface area contributed by atoms with Crippen molar-refractivity contribution in [1.29, 1.82) is 0 Å². The Labute approximate surface area is 94.3 Å². The van der Waals surface area contributed by atoms with E-state index < -0.39 is 0 Å². The SMILES string of the molecule is Cc1ncsc1CNCCC(=O)N(C)C. The van der Waals surface area contributed by atoms with E-state index >= 15 is 0 Å². The van der Waals surface area contributed by atoms with Crippen molar-refractivity contribution in [3.8, 4) is 0 Å². The van der Waals surface area contributed by atoms with Crippen LogP contribution in [-0.2, 0) is 11.3 Å². The molecule has 1 N–H and O–H groups in total. The van der Waals surface area contributed by atoms with Gasteiger partial charge < -0.3 is 10.2 Å². The second-order valence-corrected chi connectivity index (χ2v) is 4.52. The topological polar surface area (TPSA) is 45.2 Å². The van der Waals surface area contributed by atoms with E-state index in [0.717, 1.165) is 12.2 Å². The van der Waals surface area contributed by atoms with E-state index in [1.165, 1.54) is 4.88 Å². The summed E-state index contributed by atoms with van der Waals surface area (Å²) in [7, 11) is 3.55. The predicted octanol–water partition coefficient (Wildman–Crippen LogP) is 1.02. The highest BCUT2D eigenvalue weighted by molar-refractivity contribution is 7.09. The highest BCUT2D eigenvalue weighted by Crippen LogP contribution is 2.10. The maximum absolute atomic E-state index is 11.2. The van der Waals surface area contributed by atoms with Crippen molar-refractivity contribution in [2.75, 3.05) is 20.6 Å². The van der Waals surface area contributed by atoms with E-state index in [0.29, 0.717) is 13.0 Å². The summed E-state index contributed by atoms with van der Waals surface area (Å²) >= 11 is 1.65. The van der Waals surface area contributed by atoms with Crippen LogP contribution in [0.1, 0.15) is 17.0 Å². The van der Waals surface area contributed by atoms with Gasteiger partial charge in [-0.3, -0.25) is 4.79 Å². The van der Waals surface area contributed by atoms with Crippen molar-refractivity contribution in [2.45, 2.75) is 19.9 Å². The summed E-state index contributed by atoms with van der Waals surface area (Å²) in [6, 6.07) is 0. The summed E-state index contributed by atoms with van der Waals surface area (Å²) in [6.45, 7) is 3.52. The Bertz CT molecular complexity index is 322. The lowest BCUT2D eigenvalue weighted by Crippen LogP contribution is -2.26. The average molecular weight is 227 g/mol. The van der Waals surface area contributed by atoms with Crippen molar-refractivity contribution >= 4 is 17.2 Å². The molecule has 84 valence electrons. The van der Waals surface area contributed by atoms with Crippen molar-refractivity contribution in [2.24, 2.45) is 0 Å². The van der Waals surface area contributed by atoms with Crippen molar-refractivity contribution in [3.63, 3.8) is 0 Å². The maximum Gasteiger partial charge on any atom is 0.223 e. The first-order valence-corrected chi connectivity index (χ1v) is 5.79. The molecule has 0 spiro atoms. The first-order chi connectivity index (χ1) is 7.11. The van der Waals surface area contributed by atoms with Crippen LogP contribution in [0.3, 0.4) is 0 Å². The van der Waals surface area contributed by atoms with Crippen LogP contribution >= 0.6 is 11.3 Å². The molecular formula is C10H17N3OS. The van der Waals surface area contributed by atoms with E-state index in [4.69, 9.17) is 0 Å². The fraction of sp³-hybridized carbons (Fsp3) is 0.600. The standard InChI is InChI=1S/C10H17N3OS/c1-8-9(15-7-12-8)6-11-5-4-10(14)13(2)3/h7,11H,4-6H2,1-3H3. The zero-order valence-electron chi connectivity index (χ0n) is 9.41. The molecule has 0 aliphatic heterocycles. The third-order valence-corrected chi connectivity index (χ3v) is 3.08. The molecule has 4 nitrogen and oxygen atoms in total. The van der Waals surface area contributed by atoms with E-state index in [9.17, 15) is 4.79 Å². The van der Waals surface area contributed by atoms with Crippen LogP contribution in [0, 0.1) is 6.92 Å². The van der Waals surface area contributed by atoms with Crippen LogP contribution in [0.5, 0.6) is 0 Å². The third kappa shape index (κ3) is 3.97. The Morgan fingerprint density at radius 1 is 1.60 bits per heavy atom. The lowest BCUT2D eigenvalue weighted by Gasteiger charge is -2.10. The number of carbonyl (C=O) groups excluding carboxylic acids is 1. The van der Waals surface area contributed by atoms with Gasteiger partial charge in [0.25, 0.3) is 0 Å². The second-order valence-electron chi connectivity index (χ2n) is 3.58. The van der Waals surface area contributed by atoms with Gasteiger partial charge in [-0.05, 0) is 6.92 Å². The van der Waals surface area contributed by atoms with Gasteiger partial charge in [0, 0.05) is 38.5 Å². The zero-order valence-corrected chi connectivity index (χ0v) is 10.2. The lowest BCUT2D eigenvalue weighted by molar-refractivity contribution is -0.128. The molecule has 0 aromatic carbocycles. The van der Waals surface area contributed by atoms with E-state index in [1.807, 2.05) is 12.4 Å². The summed E-state index contributed by atoms with van der Waals surface area (Å²) in [6.07, 6.45) is 0.546. The van der Waals surface area contributed by atoms with Crippen LogP contribution in [0.15, 0.2) is 5.51 Å². The largest absolute Gasteiger partial charge is 0.349 e. The van der Waals surface area contributed by atoms with Gasteiger partial charge in [0.2, 0.25) is 5.91 Å². The highest BCUT2D eigenvalue weighted by Gasteiger charge is 2.04. The predicted molar refractivity (Wildman–Crippen MR) is 61.9 cm³/mol. The molecule has 1 aromatic rings. The van der Waals surface area contributed by atoms with Gasteiger partial charge in [-0.2, -0.15) is 0 Å². The lowest BCUT2D eigenvalue weighted by atomic mass is 10.3. The molecule has 1 amide bonds. The van der Waals surface area contributed by atoms with Crippen LogP contribution in [-0.4, -0.2) is 36.4 Å². The minimum atomic E-state index is 0.156. The van der Waals surface area contributed by atoms with Gasteiger partial charge in [-0.25, -0.2) is 4.98 Å². The van der Waals surface area contributed by atoms with Crippen molar-refractivity contribution in [1.82, 2.24) is 15.2 Å². The molecule has 0 aliphatic carbocycles. The number of hydrogen-bond donors (Lipinski definition) is 1. The van der Waals surface area contributed by atoms with Gasteiger partial charge in [-0.1, -0.05) is 0 Å². The molecule has 5 heteroatoms. The molecule has 0 unspecified atom stereocenters. The molecule has 0 saturated heterocycles. The Morgan fingerprint density at radius 3 is 2.87 bits per heavy atom. The number of thiazole rings is 1.